The van der Waals surface area contributed by atoms with Crippen LogP contribution in [0.5, 0.6) is 0 Å². The third-order valence-electron chi connectivity index (χ3n) is 6.85. The lowest BCUT2D eigenvalue weighted by Gasteiger charge is -2.30. The number of nitrogens with zero attached hydrogens (tertiary/aromatic N) is 5. The molecular weight excluding hydrogens is 487 g/mol. The van der Waals surface area contributed by atoms with Crippen LogP contribution in [0.15, 0.2) is 24.3 Å². The first-order valence-corrected chi connectivity index (χ1v) is 13.0. The van der Waals surface area contributed by atoms with E-state index < -0.39 is 5.82 Å². The van der Waals surface area contributed by atoms with Crippen LogP contribution in [-0.4, -0.2) is 67.3 Å². The van der Waals surface area contributed by atoms with Gasteiger partial charge in [-0.3, -0.25) is 0 Å². The van der Waals surface area contributed by atoms with Crippen molar-refractivity contribution in [1.82, 2.24) is 25.6 Å². The molecule has 182 valence electrons. The van der Waals surface area contributed by atoms with Crippen molar-refractivity contribution in [2.45, 2.75) is 12.5 Å². The van der Waals surface area contributed by atoms with E-state index in [0.29, 0.717) is 44.2 Å². The molecule has 4 heterocycles. The zero-order valence-corrected chi connectivity index (χ0v) is 20.9. The summed E-state index contributed by atoms with van der Waals surface area (Å²) in [6, 6.07) is 7.78. The van der Waals surface area contributed by atoms with Gasteiger partial charge in [0.25, 0.3) is 0 Å². The zero-order chi connectivity index (χ0) is 24.1. The number of rotatable bonds is 4. The highest BCUT2D eigenvalue weighted by molar-refractivity contribution is 7.22. The van der Waals surface area contributed by atoms with Crippen molar-refractivity contribution in [3.63, 3.8) is 0 Å². The van der Waals surface area contributed by atoms with Crippen molar-refractivity contribution in [3.05, 3.63) is 35.1 Å². The average Bonchev–Trinajstić information content (AvgIpc) is 3.50. The topological polar surface area (TPSA) is 95.2 Å². The molecule has 0 amide bonds. The lowest BCUT2D eigenvalue weighted by molar-refractivity contribution is 0.585. The van der Waals surface area contributed by atoms with E-state index in [1.807, 2.05) is 25.2 Å². The summed E-state index contributed by atoms with van der Waals surface area (Å²) in [5.41, 5.74) is 7.78. The molecule has 0 spiro atoms. The van der Waals surface area contributed by atoms with Gasteiger partial charge in [-0.15, -0.1) is 0 Å². The lowest BCUT2D eigenvalue weighted by Crippen LogP contribution is -2.44. The number of para-hydroxylation sites is 1. The van der Waals surface area contributed by atoms with Crippen LogP contribution in [-0.2, 0) is 0 Å². The van der Waals surface area contributed by atoms with Crippen molar-refractivity contribution in [2.75, 3.05) is 61.8 Å². The minimum Gasteiger partial charge on any atom is -0.375 e. The summed E-state index contributed by atoms with van der Waals surface area (Å²) in [7, 11) is 1.96. The summed E-state index contributed by atoms with van der Waals surface area (Å²) in [5.74, 6) is 0.811. The van der Waals surface area contributed by atoms with Gasteiger partial charge in [-0.2, -0.15) is 4.98 Å². The van der Waals surface area contributed by atoms with Crippen LogP contribution in [0.1, 0.15) is 6.42 Å². The number of anilines is 3. The van der Waals surface area contributed by atoms with E-state index in [9.17, 15) is 0 Å². The van der Waals surface area contributed by atoms with Gasteiger partial charge in [-0.05, 0) is 25.6 Å². The van der Waals surface area contributed by atoms with Gasteiger partial charge < -0.3 is 26.2 Å². The van der Waals surface area contributed by atoms with Crippen LogP contribution < -0.4 is 26.2 Å². The van der Waals surface area contributed by atoms with E-state index in [0.717, 1.165) is 56.2 Å². The number of fused-ring (bicyclic) bond motifs is 2. The predicted octanol–water partition coefficient (Wildman–Crippen LogP) is 3.49. The number of hydrogen-bond acceptors (Lipinski definition) is 9. The van der Waals surface area contributed by atoms with Crippen molar-refractivity contribution in [3.8, 4) is 11.1 Å². The normalized spacial score (nSPS) is 18.8. The molecule has 1 atom stereocenters. The van der Waals surface area contributed by atoms with Crippen LogP contribution >= 0.6 is 22.9 Å². The third-order valence-corrected chi connectivity index (χ3v) is 8.00. The molecule has 0 aliphatic carbocycles. The Balaban J connectivity index is 1.58. The zero-order valence-electron chi connectivity index (χ0n) is 19.3. The van der Waals surface area contributed by atoms with E-state index in [4.69, 9.17) is 27.3 Å². The summed E-state index contributed by atoms with van der Waals surface area (Å²) in [4.78, 5) is 18.5. The molecule has 2 aliphatic rings. The molecular formula is C24H26ClFN8S. The fraction of sp³-hybridized carbons (Fsp3) is 0.375. The monoisotopic (exact) mass is 512 g/mol. The third kappa shape index (κ3) is 3.94. The molecule has 2 aromatic heterocycles. The second kappa shape index (κ2) is 9.02. The summed E-state index contributed by atoms with van der Waals surface area (Å²) in [5, 5.41) is 8.05. The molecule has 2 saturated heterocycles. The van der Waals surface area contributed by atoms with Gasteiger partial charge in [0.2, 0.25) is 5.95 Å². The SMILES string of the molecule is CNC1CCN(c2nc(N3CCNCC3)c3cc(Cl)c(-c4cccc5sc(N)nc45)c(F)c3n2)C1. The maximum Gasteiger partial charge on any atom is 0.228 e. The number of nitrogens with one attached hydrogen (secondary N) is 2. The molecule has 6 rings (SSSR count). The summed E-state index contributed by atoms with van der Waals surface area (Å²) >= 11 is 8.13. The maximum absolute atomic E-state index is 16.4. The van der Waals surface area contributed by atoms with Gasteiger partial charge in [0.15, 0.2) is 10.9 Å². The second-order valence-corrected chi connectivity index (χ2v) is 10.4. The van der Waals surface area contributed by atoms with Crippen molar-refractivity contribution in [1.29, 1.82) is 0 Å². The lowest BCUT2D eigenvalue weighted by atomic mass is 10.0. The number of hydrogen-bond donors (Lipinski definition) is 3. The number of nitrogen functional groups attached to an aromatic ring is 1. The van der Waals surface area contributed by atoms with Crippen LogP contribution in [0.3, 0.4) is 0 Å². The van der Waals surface area contributed by atoms with Gasteiger partial charge in [0.1, 0.15) is 11.3 Å². The Kier molecular flexibility index (Phi) is 5.84. The van der Waals surface area contributed by atoms with Gasteiger partial charge in [-0.25, -0.2) is 14.4 Å². The summed E-state index contributed by atoms with van der Waals surface area (Å²) in [6.45, 7) is 4.84. The van der Waals surface area contributed by atoms with E-state index in [1.54, 1.807) is 6.07 Å². The highest BCUT2D eigenvalue weighted by Gasteiger charge is 2.28. The van der Waals surface area contributed by atoms with Crippen LogP contribution in [0.2, 0.25) is 5.02 Å². The van der Waals surface area contributed by atoms with Gasteiger partial charge >= 0.3 is 0 Å². The fourth-order valence-corrected chi connectivity index (χ4v) is 6.07. The molecule has 35 heavy (non-hydrogen) atoms. The molecule has 2 aliphatic heterocycles. The average molecular weight is 513 g/mol. The minimum atomic E-state index is -0.462. The molecule has 0 radical (unpaired) electrons. The first-order chi connectivity index (χ1) is 17.0. The molecule has 2 fully saturated rings. The first-order valence-electron chi connectivity index (χ1n) is 11.8. The number of aromatic nitrogens is 3. The Morgan fingerprint density at radius 1 is 1.14 bits per heavy atom. The number of nitrogens with two attached hydrogens (primary N) is 1. The second-order valence-electron chi connectivity index (χ2n) is 8.95. The van der Waals surface area contributed by atoms with E-state index in [-0.39, 0.29) is 5.52 Å². The van der Waals surface area contributed by atoms with Crippen molar-refractivity contribution in [2.24, 2.45) is 0 Å². The number of piperazine rings is 1. The summed E-state index contributed by atoms with van der Waals surface area (Å²) in [6.07, 6.45) is 0.989. The Labute approximate surface area is 211 Å². The van der Waals surface area contributed by atoms with Gasteiger partial charge in [-0.1, -0.05) is 35.1 Å². The van der Waals surface area contributed by atoms with Crippen molar-refractivity contribution >= 4 is 61.0 Å². The molecule has 0 saturated carbocycles. The Hall–Kier alpha value is -2.79. The molecule has 1 unspecified atom stereocenters. The molecule has 4 N–H and O–H groups in total. The van der Waals surface area contributed by atoms with E-state index in [1.165, 1.54) is 11.3 Å². The van der Waals surface area contributed by atoms with Crippen LogP contribution in [0.25, 0.3) is 32.2 Å². The number of thiazole rings is 1. The Morgan fingerprint density at radius 3 is 2.74 bits per heavy atom. The number of halogens is 2. The van der Waals surface area contributed by atoms with Crippen LogP contribution in [0, 0.1) is 5.82 Å². The van der Waals surface area contributed by atoms with Crippen molar-refractivity contribution < 1.29 is 4.39 Å². The van der Waals surface area contributed by atoms with Gasteiger partial charge in [0, 0.05) is 61.8 Å². The molecule has 2 aromatic carbocycles. The van der Waals surface area contributed by atoms with Crippen LogP contribution in [0.4, 0.5) is 21.3 Å². The highest BCUT2D eigenvalue weighted by Crippen LogP contribution is 2.42. The Morgan fingerprint density at radius 2 is 1.97 bits per heavy atom. The maximum atomic E-state index is 16.4. The molecule has 4 aromatic rings. The molecule has 0 bridgehead atoms. The first kappa shape index (κ1) is 22.7. The predicted molar refractivity (Wildman–Crippen MR) is 142 cm³/mol. The number of benzene rings is 2. The molecule has 11 heteroatoms. The standard InChI is InChI=1S/C24H26ClFN8S/c1-28-13-5-8-34(12-13)24-31-21-15(22(32-24)33-9-6-29-7-10-33)11-16(25)18(19(21)26)14-3-2-4-17-20(14)30-23(27)35-17/h2-4,11,13,28-29H,5-10,12H2,1H3,(H2,27,30). The fourth-order valence-electron chi connectivity index (χ4n) is 5.02. The highest BCUT2D eigenvalue weighted by atomic mass is 35.5. The summed E-state index contributed by atoms with van der Waals surface area (Å²) < 4.78 is 17.3. The quantitative estimate of drug-likeness (QED) is 0.382. The minimum absolute atomic E-state index is 0.274. The van der Waals surface area contributed by atoms with Gasteiger partial charge in [0.05, 0.1) is 15.2 Å². The van der Waals surface area contributed by atoms with E-state index >= 15 is 4.39 Å². The largest absolute Gasteiger partial charge is 0.375 e. The Bertz CT molecular complexity index is 1420. The smallest absolute Gasteiger partial charge is 0.228 e. The molecule has 8 nitrogen and oxygen atoms in total. The number of likely N-dealkylation sites (N-methyl/N-ethyl adjacent to an activating group) is 1. The van der Waals surface area contributed by atoms with E-state index in [2.05, 4.69) is 25.4 Å².